The van der Waals surface area contributed by atoms with Crippen molar-refractivity contribution in [1.29, 1.82) is 0 Å². The number of rotatable bonds is 3. The third-order valence-electron chi connectivity index (χ3n) is 4.33. The normalized spacial score (nSPS) is 22.6. The molecule has 0 aliphatic heterocycles. The lowest BCUT2D eigenvalue weighted by Gasteiger charge is -2.28. The summed E-state index contributed by atoms with van der Waals surface area (Å²) in [7, 11) is -3.04. The van der Waals surface area contributed by atoms with Crippen LogP contribution in [0.2, 0.25) is 0 Å². The maximum Gasteiger partial charge on any atom is 0.253 e. The van der Waals surface area contributed by atoms with E-state index < -0.39 is 9.84 Å². The van der Waals surface area contributed by atoms with Crippen molar-refractivity contribution in [2.45, 2.75) is 37.0 Å². The van der Waals surface area contributed by atoms with Gasteiger partial charge in [-0.1, -0.05) is 12.5 Å². The molecule has 1 N–H and O–H groups in total. The topological polar surface area (TPSA) is 67.7 Å². The van der Waals surface area contributed by atoms with Gasteiger partial charge in [-0.15, -0.1) is 0 Å². The van der Waals surface area contributed by atoms with Crippen molar-refractivity contribution < 1.29 is 13.2 Å². The highest BCUT2D eigenvalue weighted by atomic mass is 32.2. The number of fused-ring (bicyclic) bond motifs is 1. The molecule has 1 aliphatic rings. The van der Waals surface area contributed by atoms with E-state index in [9.17, 15) is 13.2 Å². The summed E-state index contributed by atoms with van der Waals surface area (Å²) in [5.41, 5.74) is 1.57. The van der Waals surface area contributed by atoms with Gasteiger partial charge in [-0.05, 0) is 37.5 Å². The van der Waals surface area contributed by atoms with Crippen LogP contribution in [0, 0.1) is 0 Å². The van der Waals surface area contributed by atoms with Gasteiger partial charge < -0.3 is 9.72 Å². The lowest BCUT2D eigenvalue weighted by atomic mass is 9.95. The number of hydrogen-bond acceptors (Lipinski definition) is 3. The molecule has 0 radical (unpaired) electrons. The molecule has 0 bridgehead atoms. The Morgan fingerprint density at radius 1 is 1.32 bits per heavy atom. The summed E-state index contributed by atoms with van der Waals surface area (Å²) in [6.45, 7) is 0. The van der Waals surface area contributed by atoms with Crippen LogP contribution in [0.1, 0.15) is 36.0 Å². The number of sulfone groups is 1. The molecule has 0 saturated heterocycles. The molecule has 6 heteroatoms. The van der Waals surface area contributed by atoms with Crippen molar-refractivity contribution in [2.75, 3.05) is 6.26 Å². The van der Waals surface area contributed by atoms with Gasteiger partial charge in [-0.25, -0.2) is 8.42 Å². The highest BCUT2D eigenvalue weighted by molar-refractivity contribution is 7.91. The minimum absolute atomic E-state index is 0.0658. The molecule has 1 aliphatic carbocycles. The van der Waals surface area contributed by atoms with Crippen molar-refractivity contribution in [3.63, 3.8) is 0 Å². The summed E-state index contributed by atoms with van der Waals surface area (Å²) in [5.74, 6) is -0.136. The fraction of sp³-hybridized carbons (Fsp3) is 0.438. The first kappa shape index (κ1) is 15.1. The van der Waals surface area contributed by atoms with Gasteiger partial charge in [0.2, 0.25) is 0 Å². The van der Waals surface area contributed by atoms with E-state index in [1.165, 1.54) is 6.26 Å². The van der Waals surface area contributed by atoms with E-state index in [2.05, 4.69) is 5.32 Å². The number of carbonyl (C=O) groups excluding carboxylic acids is 1. The third-order valence-corrected chi connectivity index (χ3v) is 5.97. The minimum Gasteiger partial charge on any atom is -0.349 e. The highest BCUT2D eigenvalue weighted by Gasteiger charge is 2.29. The number of nitrogens with zero attached hydrogens (tertiary/aromatic N) is 1. The van der Waals surface area contributed by atoms with Crippen LogP contribution >= 0.6 is 0 Å². The first-order valence-corrected chi connectivity index (χ1v) is 9.45. The van der Waals surface area contributed by atoms with E-state index in [4.69, 9.17) is 0 Å². The quantitative estimate of drug-likeness (QED) is 0.941. The molecule has 2 unspecified atom stereocenters. The molecule has 0 aromatic carbocycles. The van der Waals surface area contributed by atoms with Crippen LogP contribution in [0.15, 0.2) is 36.7 Å². The Hall–Kier alpha value is -1.82. The van der Waals surface area contributed by atoms with Gasteiger partial charge in [-0.2, -0.15) is 0 Å². The third kappa shape index (κ3) is 3.16. The number of amides is 1. The zero-order valence-corrected chi connectivity index (χ0v) is 13.3. The Balaban J connectivity index is 1.71. The standard InChI is InChI=1S/C16H20N2O3S/c1-22(20,21)15-7-4-5-13(10-15)17-16(19)12-9-14-6-2-3-8-18(14)11-12/h2-3,6,8-9,11,13,15H,4-5,7,10H2,1H3,(H,17,19). The number of pyridine rings is 1. The zero-order valence-electron chi connectivity index (χ0n) is 12.5. The van der Waals surface area contributed by atoms with Gasteiger partial charge in [0.25, 0.3) is 5.91 Å². The van der Waals surface area contributed by atoms with Gasteiger partial charge in [0.15, 0.2) is 0 Å². The Morgan fingerprint density at radius 3 is 2.86 bits per heavy atom. The van der Waals surface area contributed by atoms with Crippen LogP contribution in [-0.4, -0.2) is 36.3 Å². The summed E-state index contributed by atoms with van der Waals surface area (Å²) in [5, 5.41) is 2.65. The predicted molar refractivity (Wildman–Crippen MR) is 85.8 cm³/mol. The van der Waals surface area contributed by atoms with Gasteiger partial charge in [0, 0.05) is 30.2 Å². The minimum atomic E-state index is -3.04. The van der Waals surface area contributed by atoms with Gasteiger partial charge in [0.05, 0.1) is 10.8 Å². The Labute approximate surface area is 130 Å². The summed E-state index contributed by atoms with van der Waals surface area (Å²) in [4.78, 5) is 12.4. The largest absolute Gasteiger partial charge is 0.349 e. The summed E-state index contributed by atoms with van der Waals surface area (Å²) in [6.07, 6.45) is 7.85. The van der Waals surface area contributed by atoms with Gasteiger partial charge in [-0.3, -0.25) is 4.79 Å². The number of carbonyl (C=O) groups is 1. The summed E-state index contributed by atoms with van der Waals surface area (Å²) < 4.78 is 25.3. The lowest BCUT2D eigenvalue weighted by molar-refractivity contribution is 0.0928. The van der Waals surface area contributed by atoms with Gasteiger partial charge >= 0.3 is 0 Å². The molecule has 2 aromatic rings. The van der Waals surface area contributed by atoms with Crippen LogP contribution < -0.4 is 5.32 Å². The predicted octanol–water partition coefficient (Wildman–Crippen LogP) is 2.02. The molecule has 22 heavy (non-hydrogen) atoms. The van der Waals surface area contributed by atoms with E-state index in [1.54, 1.807) is 6.20 Å². The average Bonchev–Trinajstić information content (AvgIpc) is 2.90. The Morgan fingerprint density at radius 2 is 2.14 bits per heavy atom. The number of hydrogen-bond donors (Lipinski definition) is 1. The summed E-state index contributed by atoms with van der Waals surface area (Å²) in [6, 6.07) is 7.55. The highest BCUT2D eigenvalue weighted by Crippen LogP contribution is 2.24. The molecule has 0 spiro atoms. The van der Waals surface area contributed by atoms with Crippen LogP contribution in [-0.2, 0) is 9.84 Å². The first-order chi connectivity index (χ1) is 10.4. The van der Waals surface area contributed by atoms with E-state index in [0.29, 0.717) is 18.4 Å². The number of aromatic nitrogens is 1. The molecular weight excluding hydrogens is 300 g/mol. The molecule has 1 fully saturated rings. The first-order valence-electron chi connectivity index (χ1n) is 7.50. The van der Waals surface area contributed by atoms with E-state index in [1.807, 2.05) is 34.9 Å². The van der Waals surface area contributed by atoms with E-state index in [0.717, 1.165) is 18.4 Å². The molecular formula is C16H20N2O3S. The maximum absolute atomic E-state index is 12.4. The Bertz CT molecular complexity index is 762. The molecule has 2 aromatic heterocycles. The monoisotopic (exact) mass is 320 g/mol. The fourth-order valence-corrected chi connectivity index (χ4v) is 4.29. The Kier molecular flexibility index (Phi) is 3.95. The maximum atomic E-state index is 12.4. The number of nitrogens with one attached hydrogen (secondary N) is 1. The fourth-order valence-electron chi connectivity index (χ4n) is 3.11. The molecule has 5 nitrogen and oxygen atoms in total. The molecule has 2 heterocycles. The second-order valence-electron chi connectivity index (χ2n) is 6.05. The smallest absolute Gasteiger partial charge is 0.253 e. The summed E-state index contributed by atoms with van der Waals surface area (Å²) >= 11 is 0. The van der Waals surface area contributed by atoms with Crippen LogP contribution in [0.5, 0.6) is 0 Å². The van der Waals surface area contributed by atoms with Crippen LogP contribution in [0.3, 0.4) is 0 Å². The molecule has 1 saturated carbocycles. The van der Waals surface area contributed by atoms with Crippen LogP contribution in [0.25, 0.3) is 5.52 Å². The average molecular weight is 320 g/mol. The molecule has 118 valence electrons. The van der Waals surface area contributed by atoms with Crippen molar-refractivity contribution >= 4 is 21.3 Å². The van der Waals surface area contributed by atoms with Gasteiger partial charge in [0.1, 0.15) is 9.84 Å². The zero-order chi connectivity index (χ0) is 15.7. The molecule has 1 amide bonds. The van der Waals surface area contributed by atoms with Crippen LogP contribution in [0.4, 0.5) is 0 Å². The van der Waals surface area contributed by atoms with E-state index >= 15 is 0 Å². The van der Waals surface area contributed by atoms with Crippen molar-refractivity contribution in [3.8, 4) is 0 Å². The lowest BCUT2D eigenvalue weighted by Crippen LogP contribution is -2.41. The molecule has 3 rings (SSSR count). The van der Waals surface area contributed by atoms with Crippen molar-refractivity contribution in [3.05, 3.63) is 42.2 Å². The van der Waals surface area contributed by atoms with Crippen molar-refractivity contribution in [1.82, 2.24) is 9.72 Å². The van der Waals surface area contributed by atoms with E-state index in [-0.39, 0.29) is 17.2 Å². The van der Waals surface area contributed by atoms with Crippen molar-refractivity contribution in [2.24, 2.45) is 0 Å². The SMILES string of the molecule is CS(=O)(=O)C1CCCC(NC(=O)c2cc3ccccn3c2)C1. The second-order valence-corrected chi connectivity index (χ2v) is 8.38. The second kappa shape index (κ2) is 5.76. The molecule has 2 atom stereocenters.